The first-order valence-corrected chi connectivity index (χ1v) is 6.27. The number of carbonyl (C=O) groups is 1. The number of fused-ring (bicyclic) bond motifs is 1. The zero-order valence-corrected chi connectivity index (χ0v) is 10.5. The van der Waals surface area contributed by atoms with Gasteiger partial charge in [-0.2, -0.15) is 0 Å². The van der Waals surface area contributed by atoms with Gasteiger partial charge in [-0.15, -0.1) is 0 Å². The summed E-state index contributed by atoms with van der Waals surface area (Å²) in [5.41, 5.74) is 1.94. The molecule has 1 heterocycles. The van der Waals surface area contributed by atoms with E-state index < -0.39 is 5.97 Å². The van der Waals surface area contributed by atoms with E-state index in [2.05, 4.69) is 4.98 Å². The lowest BCUT2D eigenvalue weighted by atomic mass is 9.95. The minimum absolute atomic E-state index is 0.307. The second-order valence-corrected chi connectivity index (χ2v) is 4.56. The molecule has 0 fully saturated rings. The zero-order valence-electron chi connectivity index (χ0n) is 10.5. The molecule has 0 spiro atoms. The summed E-state index contributed by atoms with van der Waals surface area (Å²) in [6.07, 6.45) is 3.94. The van der Waals surface area contributed by atoms with Crippen LogP contribution in [0.3, 0.4) is 0 Å². The first kappa shape index (κ1) is 12.6. The van der Waals surface area contributed by atoms with Crippen molar-refractivity contribution in [1.82, 2.24) is 4.98 Å². The summed E-state index contributed by atoms with van der Waals surface area (Å²) in [6.45, 7) is 2.01. The van der Waals surface area contributed by atoms with Gasteiger partial charge in [0.05, 0.1) is 11.4 Å². The number of rotatable bonds is 5. The summed E-state index contributed by atoms with van der Waals surface area (Å²) >= 11 is 0. The number of pyridine rings is 1. The number of benzene rings is 1. The predicted molar refractivity (Wildman–Crippen MR) is 71.5 cm³/mol. The summed E-state index contributed by atoms with van der Waals surface area (Å²) in [6, 6.07) is 9.91. The molecule has 0 saturated heterocycles. The molecule has 2 aromatic rings. The van der Waals surface area contributed by atoms with Gasteiger partial charge in [-0.1, -0.05) is 31.5 Å². The van der Waals surface area contributed by atoms with Crippen molar-refractivity contribution >= 4 is 16.9 Å². The largest absolute Gasteiger partial charge is 0.481 e. The first-order valence-electron chi connectivity index (χ1n) is 6.27. The molecule has 3 heteroatoms. The van der Waals surface area contributed by atoms with E-state index in [1.54, 1.807) is 6.20 Å². The van der Waals surface area contributed by atoms with Crippen LogP contribution in [0.1, 0.15) is 25.3 Å². The number of nitrogens with zero attached hydrogens (tertiary/aromatic N) is 1. The SMILES string of the molecule is CCCC(Cc1cnc2ccccc2c1)C(=O)O. The summed E-state index contributed by atoms with van der Waals surface area (Å²) in [7, 11) is 0. The van der Waals surface area contributed by atoms with Crippen molar-refractivity contribution in [3.63, 3.8) is 0 Å². The molecule has 3 nitrogen and oxygen atoms in total. The maximum atomic E-state index is 11.1. The number of carboxylic acid groups (broad SMARTS) is 1. The molecule has 0 radical (unpaired) electrons. The fraction of sp³-hybridized carbons (Fsp3) is 0.333. The lowest BCUT2D eigenvalue weighted by Gasteiger charge is -2.11. The van der Waals surface area contributed by atoms with Gasteiger partial charge in [0.1, 0.15) is 0 Å². The van der Waals surface area contributed by atoms with E-state index in [1.165, 1.54) is 0 Å². The van der Waals surface area contributed by atoms with Crippen LogP contribution in [0.4, 0.5) is 0 Å². The van der Waals surface area contributed by atoms with Gasteiger partial charge in [-0.05, 0) is 30.5 Å². The Labute approximate surface area is 106 Å². The minimum atomic E-state index is -0.718. The molecule has 2 rings (SSSR count). The Morgan fingerprint density at radius 3 is 2.89 bits per heavy atom. The van der Waals surface area contributed by atoms with Gasteiger partial charge in [-0.3, -0.25) is 9.78 Å². The number of aliphatic carboxylic acids is 1. The van der Waals surface area contributed by atoms with Gasteiger partial charge in [0.15, 0.2) is 0 Å². The number of hydrogen-bond acceptors (Lipinski definition) is 2. The molecule has 18 heavy (non-hydrogen) atoms. The van der Waals surface area contributed by atoms with Crippen molar-refractivity contribution in [1.29, 1.82) is 0 Å². The van der Waals surface area contributed by atoms with Crippen molar-refractivity contribution in [2.45, 2.75) is 26.2 Å². The summed E-state index contributed by atoms with van der Waals surface area (Å²) in [5.74, 6) is -1.03. The number of aromatic nitrogens is 1. The maximum absolute atomic E-state index is 11.1. The van der Waals surface area contributed by atoms with Crippen molar-refractivity contribution in [2.24, 2.45) is 5.92 Å². The highest BCUT2D eigenvalue weighted by Crippen LogP contribution is 2.18. The summed E-state index contributed by atoms with van der Waals surface area (Å²) < 4.78 is 0. The molecule has 0 aliphatic rings. The van der Waals surface area contributed by atoms with Crippen molar-refractivity contribution in [3.8, 4) is 0 Å². The Morgan fingerprint density at radius 2 is 2.17 bits per heavy atom. The van der Waals surface area contributed by atoms with E-state index in [9.17, 15) is 4.79 Å². The minimum Gasteiger partial charge on any atom is -0.481 e. The Morgan fingerprint density at radius 1 is 1.39 bits per heavy atom. The van der Waals surface area contributed by atoms with E-state index in [0.29, 0.717) is 12.8 Å². The molecule has 1 unspecified atom stereocenters. The Hall–Kier alpha value is -1.90. The van der Waals surface area contributed by atoms with E-state index in [-0.39, 0.29) is 5.92 Å². The first-order chi connectivity index (χ1) is 8.70. The number of para-hydroxylation sites is 1. The highest BCUT2D eigenvalue weighted by Gasteiger charge is 2.17. The van der Waals surface area contributed by atoms with Gasteiger partial charge in [0, 0.05) is 11.6 Å². The van der Waals surface area contributed by atoms with Gasteiger partial charge in [0.25, 0.3) is 0 Å². The predicted octanol–water partition coefficient (Wildman–Crippen LogP) is 3.28. The van der Waals surface area contributed by atoms with Crippen LogP contribution < -0.4 is 0 Å². The normalized spacial score (nSPS) is 12.5. The quantitative estimate of drug-likeness (QED) is 0.876. The van der Waals surface area contributed by atoms with Crippen molar-refractivity contribution in [2.75, 3.05) is 0 Å². The monoisotopic (exact) mass is 243 g/mol. The second kappa shape index (κ2) is 5.63. The standard InChI is InChI=1S/C15H17NO2/c1-2-5-13(15(17)18)9-11-8-12-6-3-4-7-14(12)16-10-11/h3-4,6-8,10,13H,2,5,9H2,1H3,(H,17,18). The average Bonchev–Trinajstić information content (AvgIpc) is 2.38. The maximum Gasteiger partial charge on any atom is 0.306 e. The second-order valence-electron chi connectivity index (χ2n) is 4.56. The number of hydrogen-bond donors (Lipinski definition) is 1. The van der Waals surface area contributed by atoms with Crippen molar-refractivity contribution in [3.05, 3.63) is 42.1 Å². The Kier molecular flexibility index (Phi) is 3.92. The molecule has 94 valence electrons. The lowest BCUT2D eigenvalue weighted by Crippen LogP contribution is -2.16. The van der Waals surface area contributed by atoms with E-state index >= 15 is 0 Å². The highest BCUT2D eigenvalue weighted by atomic mass is 16.4. The molecule has 0 aliphatic heterocycles. The van der Waals surface area contributed by atoms with Gasteiger partial charge in [0.2, 0.25) is 0 Å². The summed E-state index contributed by atoms with van der Waals surface area (Å²) in [5, 5.41) is 10.2. The van der Waals surface area contributed by atoms with Crippen LogP contribution in [0.5, 0.6) is 0 Å². The lowest BCUT2D eigenvalue weighted by molar-refractivity contribution is -0.141. The van der Waals surface area contributed by atoms with Crippen LogP contribution in [-0.2, 0) is 11.2 Å². The van der Waals surface area contributed by atoms with E-state index in [1.807, 2.05) is 37.3 Å². The smallest absolute Gasteiger partial charge is 0.306 e. The summed E-state index contributed by atoms with van der Waals surface area (Å²) in [4.78, 5) is 15.5. The molecule has 1 atom stereocenters. The van der Waals surface area contributed by atoms with E-state index in [0.717, 1.165) is 22.9 Å². The molecule has 0 saturated carbocycles. The highest BCUT2D eigenvalue weighted by molar-refractivity contribution is 5.79. The fourth-order valence-corrected chi connectivity index (χ4v) is 2.17. The van der Waals surface area contributed by atoms with Gasteiger partial charge in [-0.25, -0.2) is 0 Å². The fourth-order valence-electron chi connectivity index (χ4n) is 2.17. The molecule has 0 aliphatic carbocycles. The third kappa shape index (κ3) is 2.86. The van der Waals surface area contributed by atoms with Gasteiger partial charge >= 0.3 is 5.97 Å². The molecule has 0 bridgehead atoms. The zero-order chi connectivity index (χ0) is 13.0. The Bertz CT molecular complexity index is 551. The van der Waals surface area contributed by atoms with Gasteiger partial charge < -0.3 is 5.11 Å². The molecular weight excluding hydrogens is 226 g/mol. The van der Waals surface area contributed by atoms with E-state index in [4.69, 9.17) is 5.11 Å². The van der Waals surface area contributed by atoms with Crippen LogP contribution in [0.2, 0.25) is 0 Å². The molecular formula is C15H17NO2. The third-order valence-corrected chi connectivity index (χ3v) is 3.12. The molecule has 0 amide bonds. The third-order valence-electron chi connectivity index (χ3n) is 3.12. The van der Waals surface area contributed by atoms with Crippen LogP contribution in [-0.4, -0.2) is 16.1 Å². The Balaban J connectivity index is 2.22. The van der Waals surface area contributed by atoms with Crippen LogP contribution in [0, 0.1) is 5.92 Å². The topological polar surface area (TPSA) is 50.2 Å². The molecule has 1 aromatic heterocycles. The van der Waals surface area contributed by atoms with Crippen LogP contribution >= 0.6 is 0 Å². The van der Waals surface area contributed by atoms with Crippen LogP contribution in [0.15, 0.2) is 36.5 Å². The molecule has 1 N–H and O–H groups in total. The van der Waals surface area contributed by atoms with Crippen LogP contribution in [0.25, 0.3) is 10.9 Å². The van der Waals surface area contributed by atoms with Crippen molar-refractivity contribution < 1.29 is 9.90 Å². The average molecular weight is 243 g/mol. The molecule has 1 aromatic carbocycles. The number of carboxylic acids is 1.